The lowest BCUT2D eigenvalue weighted by Gasteiger charge is -2.26. The van der Waals surface area contributed by atoms with Crippen LogP contribution in [0, 0.1) is 0 Å². The molecule has 0 saturated heterocycles. The van der Waals surface area contributed by atoms with Crippen molar-refractivity contribution in [2.75, 3.05) is 14.2 Å². The summed E-state index contributed by atoms with van der Waals surface area (Å²) in [6.45, 7) is 3.53. The van der Waals surface area contributed by atoms with E-state index in [1.54, 1.807) is 20.3 Å². The SMILES string of the molecule is COc1ccc2c(c1OC)COC(C)/C2=N/OC(C)=O. The molecule has 108 valence electrons. The number of benzene rings is 1. The molecule has 1 atom stereocenters. The molecule has 0 spiro atoms. The summed E-state index contributed by atoms with van der Waals surface area (Å²) in [5.41, 5.74) is 2.22. The Hall–Kier alpha value is -2.08. The first-order valence-electron chi connectivity index (χ1n) is 6.19. The summed E-state index contributed by atoms with van der Waals surface area (Å²) in [4.78, 5) is 15.6. The van der Waals surface area contributed by atoms with Crippen LogP contribution in [0.15, 0.2) is 17.3 Å². The molecule has 0 amide bonds. The molecule has 1 aliphatic rings. The van der Waals surface area contributed by atoms with Crippen LogP contribution in [-0.2, 0) is 21.0 Å². The van der Waals surface area contributed by atoms with Crippen LogP contribution in [0.3, 0.4) is 0 Å². The number of carbonyl (C=O) groups is 1. The molecule has 0 saturated carbocycles. The molecule has 1 aromatic rings. The van der Waals surface area contributed by atoms with Gasteiger partial charge in [0.1, 0.15) is 11.8 Å². The molecule has 0 aliphatic carbocycles. The maximum atomic E-state index is 10.9. The van der Waals surface area contributed by atoms with Crippen molar-refractivity contribution in [3.8, 4) is 11.5 Å². The molecule has 0 radical (unpaired) electrons. The molecule has 2 rings (SSSR count). The van der Waals surface area contributed by atoms with Gasteiger partial charge in [-0.3, -0.25) is 0 Å². The van der Waals surface area contributed by atoms with Crippen LogP contribution in [0.2, 0.25) is 0 Å². The second-order valence-electron chi connectivity index (χ2n) is 4.34. The van der Waals surface area contributed by atoms with E-state index in [2.05, 4.69) is 5.16 Å². The van der Waals surface area contributed by atoms with Crippen molar-refractivity contribution < 1.29 is 23.8 Å². The minimum absolute atomic E-state index is 0.264. The number of rotatable bonds is 3. The Labute approximate surface area is 117 Å². The second-order valence-corrected chi connectivity index (χ2v) is 4.34. The van der Waals surface area contributed by atoms with Gasteiger partial charge in [-0.1, -0.05) is 5.16 Å². The van der Waals surface area contributed by atoms with Crippen molar-refractivity contribution >= 4 is 11.7 Å². The summed E-state index contributed by atoms with van der Waals surface area (Å²) in [5.74, 6) is 0.751. The average molecular weight is 279 g/mol. The Balaban J connectivity index is 2.51. The third-order valence-electron chi connectivity index (χ3n) is 3.06. The van der Waals surface area contributed by atoms with Crippen molar-refractivity contribution in [3.63, 3.8) is 0 Å². The highest BCUT2D eigenvalue weighted by molar-refractivity contribution is 6.06. The molecule has 0 N–H and O–H groups in total. The van der Waals surface area contributed by atoms with Gasteiger partial charge in [-0.25, -0.2) is 4.79 Å². The highest BCUT2D eigenvalue weighted by atomic mass is 16.7. The molecule has 0 aromatic heterocycles. The lowest BCUT2D eigenvalue weighted by molar-refractivity contribution is -0.141. The van der Waals surface area contributed by atoms with E-state index >= 15 is 0 Å². The van der Waals surface area contributed by atoms with Crippen LogP contribution in [0.4, 0.5) is 0 Å². The van der Waals surface area contributed by atoms with Crippen molar-refractivity contribution in [2.24, 2.45) is 5.16 Å². The van der Waals surface area contributed by atoms with Crippen molar-refractivity contribution in [1.82, 2.24) is 0 Å². The zero-order chi connectivity index (χ0) is 14.7. The standard InChI is InChI=1S/C14H17NO5/c1-8-13(15-20-9(2)16)10-5-6-12(17-3)14(18-4)11(10)7-19-8/h5-6,8H,7H2,1-4H3/b15-13-. The molecular formula is C14H17NO5. The number of carbonyl (C=O) groups excluding carboxylic acids is 1. The highest BCUT2D eigenvalue weighted by Gasteiger charge is 2.28. The Kier molecular flexibility index (Phi) is 4.24. The summed E-state index contributed by atoms with van der Waals surface area (Å²) in [7, 11) is 3.14. The first-order valence-corrected chi connectivity index (χ1v) is 6.19. The number of fused-ring (bicyclic) bond motifs is 1. The molecule has 20 heavy (non-hydrogen) atoms. The Morgan fingerprint density at radius 2 is 2.10 bits per heavy atom. The smallest absolute Gasteiger partial charge is 0.331 e. The quantitative estimate of drug-likeness (QED) is 0.624. The van der Waals surface area contributed by atoms with E-state index in [-0.39, 0.29) is 6.10 Å². The second kappa shape index (κ2) is 5.92. The maximum absolute atomic E-state index is 10.9. The average Bonchev–Trinajstić information content (AvgIpc) is 2.44. The van der Waals surface area contributed by atoms with Gasteiger partial charge in [-0.05, 0) is 19.1 Å². The van der Waals surface area contributed by atoms with Gasteiger partial charge in [0.15, 0.2) is 11.5 Å². The van der Waals surface area contributed by atoms with Crippen molar-refractivity contribution in [3.05, 3.63) is 23.3 Å². The monoisotopic (exact) mass is 279 g/mol. The normalized spacial score (nSPS) is 19.4. The van der Waals surface area contributed by atoms with Crippen molar-refractivity contribution in [1.29, 1.82) is 0 Å². The zero-order valence-electron chi connectivity index (χ0n) is 11.9. The van der Waals surface area contributed by atoms with Crippen LogP contribution in [0.5, 0.6) is 11.5 Å². The lowest BCUT2D eigenvalue weighted by Crippen LogP contribution is -2.29. The third kappa shape index (κ3) is 2.60. The molecule has 1 heterocycles. The van der Waals surface area contributed by atoms with E-state index in [9.17, 15) is 4.79 Å². The summed E-state index contributed by atoms with van der Waals surface area (Å²) in [6, 6.07) is 3.65. The van der Waals surface area contributed by atoms with Crippen LogP contribution in [-0.4, -0.2) is 32.0 Å². The van der Waals surface area contributed by atoms with Crippen LogP contribution in [0.1, 0.15) is 25.0 Å². The number of hydrogen-bond donors (Lipinski definition) is 0. The van der Waals surface area contributed by atoms with E-state index in [0.717, 1.165) is 11.1 Å². The third-order valence-corrected chi connectivity index (χ3v) is 3.06. The number of oxime groups is 1. The molecule has 6 nitrogen and oxygen atoms in total. The fourth-order valence-electron chi connectivity index (χ4n) is 2.12. The number of hydrogen-bond acceptors (Lipinski definition) is 6. The lowest BCUT2D eigenvalue weighted by atomic mass is 9.96. The van der Waals surface area contributed by atoms with Crippen LogP contribution < -0.4 is 9.47 Å². The number of methoxy groups -OCH3 is 2. The molecule has 1 aromatic carbocycles. The van der Waals surface area contributed by atoms with E-state index in [1.807, 2.05) is 13.0 Å². The predicted octanol–water partition coefficient (Wildman–Crippen LogP) is 1.89. The fraction of sp³-hybridized carbons (Fsp3) is 0.429. The highest BCUT2D eigenvalue weighted by Crippen LogP contribution is 2.37. The topological polar surface area (TPSA) is 66.3 Å². The Bertz CT molecular complexity index is 553. The Morgan fingerprint density at radius 1 is 1.35 bits per heavy atom. The van der Waals surface area contributed by atoms with Gasteiger partial charge in [0, 0.05) is 18.1 Å². The molecule has 6 heteroatoms. The van der Waals surface area contributed by atoms with Crippen LogP contribution >= 0.6 is 0 Å². The van der Waals surface area contributed by atoms with E-state index in [4.69, 9.17) is 19.0 Å². The zero-order valence-corrected chi connectivity index (χ0v) is 11.9. The van der Waals surface area contributed by atoms with Gasteiger partial charge in [-0.2, -0.15) is 0 Å². The summed E-state index contributed by atoms with van der Waals surface area (Å²) < 4.78 is 16.3. The first-order chi connectivity index (χ1) is 9.58. The summed E-state index contributed by atoms with van der Waals surface area (Å²) in [6.07, 6.45) is -0.264. The van der Waals surface area contributed by atoms with Gasteiger partial charge < -0.3 is 19.0 Å². The van der Waals surface area contributed by atoms with Gasteiger partial charge >= 0.3 is 5.97 Å². The van der Waals surface area contributed by atoms with E-state index in [1.165, 1.54) is 6.92 Å². The summed E-state index contributed by atoms with van der Waals surface area (Å²) in [5, 5.41) is 3.88. The number of nitrogens with zero attached hydrogens (tertiary/aromatic N) is 1. The maximum Gasteiger partial charge on any atom is 0.331 e. The molecule has 1 unspecified atom stereocenters. The van der Waals surface area contributed by atoms with Gasteiger partial charge in [0.2, 0.25) is 0 Å². The first kappa shape index (κ1) is 14.3. The molecular weight excluding hydrogens is 262 g/mol. The molecule has 1 aliphatic heterocycles. The molecule has 0 fully saturated rings. The largest absolute Gasteiger partial charge is 0.493 e. The van der Waals surface area contributed by atoms with E-state index in [0.29, 0.717) is 23.8 Å². The van der Waals surface area contributed by atoms with Crippen LogP contribution in [0.25, 0.3) is 0 Å². The fourth-order valence-corrected chi connectivity index (χ4v) is 2.12. The minimum atomic E-state index is -0.475. The van der Waals surface area contributed by atoms with Crippen molar-refractivity contribution in [2.45, 2.75) is 26.6 Å². The van der Waals surface area contributed by atoms with Gasteiger partial charge in [-0.15, -0.1) is 0 Å². The molecule has 0 bridgehead atoms. The van der Waals surface area contributed by atoms with Gasteiger partial charge in [0.25, 0.3) is 0 Å². The minimum Gasteiger partial charge on any atom is -0.493 e. The van der Waals surface area contributed by atoms with Gasteiger partial charge in [0.05, 0.1) is 20.8 Å². The summed E-state index contributed by atoms with van der Waals surface area (Å²) >= 11 is 0. The predicted molar refractivity (Wildman–Crippen MR) is 72.1 cm³/mol. The Morgan fingerprint density at radius 3 is 2.70 bits per heavy atom. The number of ether oxygens (including phenoxy) is 3. The van der Waals surface area contributed by atoms with E-state index < -0.39 is 5.97 Å².